The number of H-pyrrole nitrogens is 1. The molecular formula is C53H62N8O10S. The fourth-order valence-corrected chi connectivity index (χ4v) is 13.9. The van der Waals surface area contributed by atoms with Gasteiger partial charge < -0.3 is 44.2 Å². The van der Waals surface area contributed by atoms with Crippen LogP contribution >= 0.6 is 0 Å². The van der Waals surface area contributed by atoms with Gasteiger partial charge >= 0.3 is 0 Å². The van der Waals surface area contributed by atoms with Crippen LogP contribution in [0.5, 0.6) is 11.6 Å². The Balaban J connectivity index is 0.836. The monoisotopic (exact) mass is 1000 g/mol. The fraction of sp³-hybridized carbons (Fsp3) is 0.509. The van der Waals surface area contributed by atoms with Gasteiger partial charge in [-0.25, -0.2) is 13.1 Å². The number of carbonyl (C=O) groups is 1. The zero-order chi connectivity index (χ0) is 49.5. The van der Waals surface area contributed by atoms with Crippen molar-refractivity contribution in [2.24, 2.45) is 11.3 Å². The lowest BCUT2D eigenvalue weighted by molar-refractivity contribution is -0.384. The summed E-state index contributed by atoms with van der Waals surface area (Å²) in [4.78, 5) is 41.4. The average Bonchev–Trinajstić information content (AvgIpc) is 3.83. The van der Waals surface area contributed by atoms with E-state index in [-0.39, 0.29) is 53.1 Å². The van der Waals surface area contributed by atoms with Gasteiger partial charge in [-0.3, -0.25) is 19.8 Å². The second-order valence-electron chi connectivity index (χ2n) is 21.5. The average molecular weight is 1000 g/mol. The molecule has 2 saturated carbocycles. The van der Waals surface area contributed by atoms with Gasteiger partial charge in [-0.2, -0.15) is 4.98 Å². The Kier molecular flexibility index (Phi) is 11.9. The number of piperidine rings is 1. The summed E-state index contributed by atoms with van der Waals surface area (Å²) in [7, 11) is -4.71. The molecule has 0 radical (unpaired) electrons. The van der Waals surface area contributed by atoms with E-state index in [1.807, 2.05) is 31.2 Å². The standard InChI is InChI=1S/C53H62N8O10S/c1-32-5-3-4-6-38(32)45-30-69-22-20-59(45)36-27-53(28-36)15-18-58(19-16-53)35-7-8-39(42(24-35)60-41-12-21-68-31-47(41)71-51-44(60)23-34-11-17-54-49(34)56-51)50(62)57-72(66,67)37-25-43(61(64)65)48-46(26-37)70-29-40(55-48)33-9-13-52(2,63)14-10-33/h3-8,11,17,23-26,33,36,40-41,45,47,55,63H,9-10,12-16,18-22,27-31H2,1-2H3,(H,54,56)(H,57,62)/t33?,40-,41-,45-,47-,52?/m0/s1. The highest BCUT2D eigenvalue weighted by molar-refractivity contribution is 7.90. The molecule has 380 valence electrons. The highest BCUT2D eigenvalue weighted by Gasteiger charge is 2.50. The number of aliphatic hydroxyl groups is 1. The third kappa shape index (κ3) is 8.59. The van der Waals surface area contributed by atoms with Crippen LogP contribution in [0.4, 0.5) is 28.4 Å². The zero-order valence-electron chi connectivity index (χ0n) is 40.7. The number of fused-ring (bicyclic) bond motifs is 4. The number of carbonyl (C=O) groups excluding carboxylic acids is 1. The van der Waals surface area contributed by atoms with E-state index < -0.39 is 43.1 Å². The van der Waals surface area contributed by atoms with Crippen LogP contribution in [-0.2, 0) is 19.5 Å². The minimum atomic E-state index is -4.71. The lowest BCUT2D eigenvalue weighted by Crippen LogP contribution is -2.58. The summed E-state index contributed by atoms with van der Waals surface area (Å²) in [5, 5.41) is 27.2. The van der Waals surface area contributed by atoms with E-state index in [0.717, 1.165) is 69.1 Å². The number of pyridine rings is 1. The molecule has 2 aliphatic carbocycles. The first-order valence-corrected chi connectivity index (χ1v) is 27.0. The Labute approximate surface area is 418 Å². The molecule has 3 aromatic carbocycles. The molecule has 1 spiro atoms. The van der Waals surface area contributed by atoms with Gasteiger partial charge in [0, 0.05) is 61.7 Å². The van der Waals surface area contributed by atoms with Gasteiger partial charge in [0.05, 0.1) is 64.6 Å². The van der Waals surface area contributed by atoms with Crippen molar-refractivity contribution in [2.75, 3.05) is 67.8 Å². The predicted molar refractivity (Wildman–Crippen MR) is 270 cm³/mol. The number of benzene rings is 3. The second kappa shape index (κ2) is 18.2. The van der Waals surface area contributed by atoms with E-state index in [1.165, 1.54) is 17.2 Å². The van der Waals surface area contributed by atoms with Gasteiger partial charge in [0.1, 0.15) is 24.0 Å². The summed E-state index contributed by atoms with van der Waals surface area (Å²) < 4.78 is 55.6. The van der Waals surface area contributed by atoms with Gasteiger partial charge in [0.25, 0.3) is 21.6 Å². The first kappa shape index (κ1) is 47.0. The lowest BCUT2D eigenvalue weighted by Gasteiger charge is -2.57. The van der Waals surface area contributed by atoms with Crippen LogP contribution < -0.4 is 29.3 Å². The third-order valence-corrected chi connectivity index (χ3v) is 18.3. The Morgan fingerprint density at radius 1 is 0.931 bits per heavy atom. The van der Waals surface area contributed by atoms with Crippen molar-refractivity contribution in [3.63, 3.8) is 0 Å². The minimum Gasteiger partial charge on any atom is -0.489 e. The van der Waals surface area contributed by atoms with Gasteiger partial charge in [-0.1, -0.05) is 24.3 Å². The number of anilines is 4. The molecule has 1 amide bonds. The largest absolute Gasteiger partial charge is 0.489 e. The van der Waals surface area contributed by atoms with E-state index in [4.69, 9.17) is 23.9 Å². The molecule has 7 aliphatic rings. The lowest BCUT2D eigenvalue weighted by atomic mass is 9.59. The van der Waals surface area contributed by atoms with Crippen LogP contribution in [-0.4, -0.2) is 122 Å². The first-order chi connectivity index (χ1) is 34.7. The topological polar surface area (TPSA) is 214 Å². The zero-order valence-corrected chi connectivity index (χ0v) is 41.5. The van der Waals surface area contributed by atoms with Gasteiger partial charge in [-0.05, 0) is 124 Å². The van der Waals surface area contributed by atoms with Crippen LogP contribution in [0.1, 0.15) is 92.2 Å². The molecule has 5 aliphatic heterocycles. The maximum Gasteiger partial charge on any atom is 0.297 e. The number of aryl methyl sites for hydroxylation is 1. The Hall–Kier alpha value is -5.99. The van der Waals surface area contributed by atoms with E-state index in [0.29, 0.717) is 80.9 Å². The number of nitro groups is 1. The molecule has 5 aromatic rings. The number of aromatic amines is 1. The Morgan fingerprint density at radius 3 is 2.51 bits per heavy atom. The van der Waals surface area contributed by atoms with Gasteiger partial charge in [0.2, 0.25) is 5.88 Å². The molecule has 18 nitrogen and oxygen atoms in total. The molecule has 0 unspecified atom stereocenters. The molecule has 0 bridgehead atoms. The van der Waals surface area contributed by atoms with Crippen LogP contribution in [0, 0.1) is 28.4 Å². The molecule has 5 fully saturated rings. The number of hydrogen-bond acceptors (Lipinski definition) is 15. The number of morpholine rings is 1. The third-order valence-electron chi connectivity index (χ3n) is 17.0. The molecule has 4 atom stereocenters. The van der Waals surface area contributed by atoms with Crippen LogP contribution in [0.15, 0.2) is 77.8 Å². The van der Waals surface area contributed by atoms with Gasteiger partial charge in [0.15, 0.2) is 11.4 Å². The van der Waals surface area contributed by atoms with E-state index in [9.17, 15) is 28.4 Å². The highest BCUT2D eigenvalue weighted by atomic mass is 32.2. The summed E-state index contributed by atoms with van der Waals surface area (Å²) >= 11 is 0. The fourth-order valence-electron chi connectivity index (χ4n) is 12.9. The number of nitro benzene ring substituents is 1. The highest BCUT2D eigenvalue weighted by Crippen LogP contribution is 2.54. The quantitative estimate of drug-likeness (QED) is 0.0830. The first-order valence-electron chi connectivity index (χ1n) is 25.5. The number of nitrogens with zero attached hydrogens (tertiary/aromatic N) is 5. The van der Waals surface area contributed by atoms with Crippen LogP contribution in [0.2, 0.25) is 0 Å². The van der Waals surface area contributed by atoms with E-state index >= 15 is 0 Å². The van der Waals surface area contributed by atoms with Crippen LogP contribution in [0.25, 0.3) is 11.0 Å². The Bertz CT molecular complexity index is 3030. The number of ether oxygens (including phenoxy) is 4. The molecule has 4 N–H and O–H groups in total. The minimum absolute atomic E-state index is 0.00784. The second-order valence-corrected chi connectivity index (χ2v) is 23.2. The molecule has 7 heterocycles. The maximum absolute atomic E-state index is 14.8. The normalized spacial score (nSPS) is 27.3. The SMILES string of the molecule is Cc1ccccc1[C@@H]1COCCN1C1CC2(CCN(c3ccc(C(=O)NS(=O)(=O)c4cc5c(c([N+](=O)[O-])c4)N[C@H](C4CCC(C)(O)CC4)CO5)c(N4c5cc6cc[nH]c6nc5O[C@H]5COCC[C@@H]54)c3)CC2)C1. The number of sulfonamides is 1. The van der Waals surface area contributed by atoms with Crippen LogP contribution in [0.3, 0.4) is 0 Å². The predicted octanol–water partition coefficient (Wildman–Crippen LogP) is 7.52. The van der Waals surface area contributed by atoms with Gasteiger partial charge in [-0.15, -0.1) is 0 Å². The summed E-state index contributed by atoms with van der Waals surface area (Å²) in [5.41, 5.74) is 4.49. The maximum atomic E-state index is 14.8. The van der Waals surface area contributed by atoms with Crippen molar-refractivity contribution in [3.8, 4) is 11.6 Å². The number of hydrogen-bond donors (Lipinski definition) is 4. The molecule has 3 saturated heterocycles. The molecular weight excluding hydrogens is 941 g/mol. The van der Waals surface area contributed by atoms with Crippen molar-refractivity contribution in [1.29, 1.82) is 0 Å². The number of aromatic nitrogens is 2. The van der Waals surface area contributed by atoms with Crippen molar-refractivity contribution in [3.05, 3.63) is 99.7 Å². The summed E-state index contributed by atoms with van der Waals surface area (Å²) in [6.45, 7) is 8.91. The molecule has 19 heteroatoms. The van der Waals surface area contributed by atoms with E-state index in [1.54, 1.807) is 12.3 Å². The molecule has 2 aromatic heterocycles. The van der Waals surface area contributed by atoms with Crippen molar-refractivity contribution >= 4 is 55.4 Å². The number of rotatable bonds is 9. The smallest absolute Gasteiger partial charge is 0.297 e. The summed E-state index contributed by atoms with van der Waals surface area (Å²) in [6.07, 6.45) is 8.86. The van der Waals surface area contributed by atoms with Crippen molar-refractivity contribution in [1.82, 2.24) is 19.6 Å². The molecule has 12 rings (SSSR count). The summed E-state index contributed by atoms with van der Waals surface area (Å²) in [6, 6.07) is 20.5. The Morgan fingerprint density at radius 2 is 1.72 bits per heavy atom. The molecule has 72 heavy (non-hydrogen) atoms. The summed E-state index contributed by atoms with van der Waals surface area (Å²) in [5.74, 6) is -0.435. The van der Waals surface area contributed by atoms with E-state index in [2.05, 4.69) is 60.9 Å². The number of amides is 1. The van der Waals surface area contributed by atoms with Crippen molar-refractivity contribution < 1.29 is 42.2 Å². The number of nitrogens with one attached hydrogen (secondary N) is 3. The van der Waals surface area contributed by atoms with Crippen molar-refractivity contribution in [2.45, 2.75) is 112 Å².